The molecule has 0 atom stereocenters. The Hall–Kier alpha value is -7.02. The molecule has 0 amide bonds. The van der Waals surface area contributed by atoms with Gasteiger partial charge in [-0.15, -0.1) is 11.3 Å². The second kappa shape index (κ2) is 12.9. The number of fused-ring (bicyclic) bond motifs is 16. The van der Waals surface area contributed by atoms with Gasteiger partial charge in [0.2, 0.25) is 0 Å². The molecule has 0 fully saturated rings. The Labute approximate surface area is 400 Å². The third-order valence-electron chi connectivity index (χ3n) is 16.5. The van der Waals surface area contributed by atoms with Crippen molar-refractivity contribution in [2.24, 2.45) is 0 Å². The first kappa shape index (κ1) is 39.0. The van der Waals surface area contributed by atoms with Crippen LogP contribution in [0.5, 0.6) is 0 Å². The Kier molecular flexibility index (Phi) is 7.43. The van der Waals surface area contributed by atoms with Crippen LogP contribution in [0, 0.1) is 0 Å². The Morgan fingerprint density at radius 2 is 1.22 bits per heavy atom. The monoisotopic (exact) mass is 895 g/mol. The summed E-state index contributed by atoms with van der Waals surface area (Å²) >= 11 is 1.99. The van der Waals surface area contributed by atoms with E-state index in [0.29, 0.717) is 0 Å². The standard InChI is InChI=1S/C62H50BN3OS/c1-60(2,3)35-23-26-55-44(29-35)58-59(68-55)63-47-19-14-18-41-42-33-43-40-17-10-13-22-53(40)67-54(43)34-50(42)66(57(41)47)52-32-37(64-48-20-11-8-15-38(48)39-16-9-12-21-49(39)64)31-51(56(52)63)65(58)36-24-25-45-46(30-36)62(6,7)28-27-61(45,4)5/h8-26,29-34H,27-28H2,1-7H3. The number of benzene rings is 8. The van der Waals surface area contributed by atoms with E-state index in [1.807, 2.05) is 11.3 Å². The van der Waals surface area contributed by atoms with Crippen LogP contribution in [0.4, 0.5) is 17.1 Å². The van der Waals surface area contributed by atoms with Crippen LogP contribution in [0.2, 0.25) is 0 Å². The lowest BCUT2D eigenvalue weighted by molar-refractivity contribution is 0.332. The van der Waals surface area contributed by atoms with Crippen LogP contribution in [0.1, 0.15) is 78.0 Å². The zero-order valence-electron chi connectivity index (χ0n) is 39.6. The molecule has 8 aromatic carbocycles. The fourth-order valence-corrected chi connectivity index (χ4v) is 14.2. The Morgan fingerprint density at radius 1 is 0.529 bits per heavy atom. The summed E-state index contributed by atoms with van der Waals surface area (Å²) in [5.74, 6) is 0. The van der Waals surface area contributed by atoms with Gasteiger partial charge in [-0.2, -0.15) is 0 Å². The molecule has 6 heterocycles. The third kappa shape index (κ3) is 5.01. The van der Waals surface area contributed by atoms with Crippen LogP contribution in [-0.2, 0) is 16.2 Å². The maximum absolute atomic E-state index is 6.69. The van der Waals surface area contributed by atoms with Crippen molar-refractivity contribution < 1.29 is 4.42 Å². The quantitative estimate of drug-likeness (QED) is 0.162. The highest BCUT2D eigenvalue weighted by Gasteiger charge is 2.46. The summed E-state index contributed by atoms with van der Waals surface area (Å²) in [4.78, 5) is 2.69. The first-order valence-corrected chi connectivity index (χ1v) is 25.2. The van der Waals surface area contributed by atoms with Crippen LogP contribution in [0.3, 0.4) is 0 Å². The van der Waals surface area contributed by atoms with Gasteiger partial charge >= 0.3 is 0 Å². The molecule has 15 rings (SSSR count). The van der Waals surface area contributed by atoms with Crippen molar-refractivity contribution in [2.75, 3.05) is 4.90 Å². The third-order valence-corrected chi connectivity index (χ3v) is 17.7. The molecular weight excluding hydrogens is 846 g/mol. The van der Waals surface area contributed by atoms with Crippen molar-refractivity contribution in [3.05, 3.63) is 168 Å². The highest BCUT2D eigenvalue weighted by atomic mass is 32.1. The SMILES string of the molecule is CC(C)(C)c1ccc2sc3c(c2c1)N(c1ccc2c(c1)C(C)(C)CCC2(C)C)c1cc(-n2c4ccccc4c4ccccc42)cc2c1B3c1cccc3c4cc5c(cc4n-2c13)oc1ccccc15. The average molecular weight is 896 g/mol. The molecule has 68 heavy (non-hydrogen) atoms. The van der Waals surface area contributed by atoms with Crippen molar-refractivity contribution in [3.63, 3.8) is 0 Å². The van der Waals surface area contributed by atoms with Crippen molar-refractivity contribution in [2.45, 2.75) is 77.6 Å². The van der Waals surface area contributed by atoms with Gasteiger partial charge in [0.25, 0.3) is 6.71 Å². The maximum Gasteiger partial charge on any atom is 0.264 e. The van der Waals surface area contributed by atoms with E-state index in [1.54, 1.807) is 0 Å². The second-order valence-corrected chi connectivity index (χ2v) is 23.4. The number of hydrogen-bond acceptors (Lipinski definition) is 3. The van der Waals surface area contributed by atoms with E-state index in [-0.39, 0.29) is 23.0 Å². The first-order valence-electron chi connectivity index (χ1n) is 24.4. The molecule has 12 aromatic rings. The van der Waals surface area contributed by atoms with Crippen LogP contribution in [-0.4, -0.2) is 15.8 Å². The fourth-order valence-electron chi connectivity index (χ4n) is 12.9. The number of rotatable bonds is 2. The molecule has 328 valence electrons. The Morgan fingerprint density at radius 3 is 1.99 bits per heavy atom. The Balaban J connectivity index is 1.13. The zero-order valence-corrected chi connectivity index (χ0v) is 40.4. The number of aromatic nitrogens is 2. The van der Waals surface area contributed by atoms with Crippen molar-refractivity contribution in [1.29, 1.82) is 0 Å². The van der Waals surface area contributed by atoms with E-state index in [2.05, 4.69) is 214 Å². The number of anilines is 3. The van der Waals surface area contributed by atoms with Crippen LogP contribution in [0.25, 0.3) is 87.0 Å². The topological polar surface area (TPSA) is 26.2 Å². The molecule has 3 aliphatic rings. The first-order chi connectivity index (χ1) is 32.8. The number of thiophene rings is 1. The highest BCUT2D eigenvalue weighted by Crippen LogP contribution is 2.52. The molecule has 0 bridgehead atoms. The molecule has 2 aliphatic heterocycles. The van der Waals surface area contributed by atoms with E-state index in [0.717, 1.165) is 34.0 Å². The largest absolute Gasteiger partial charge is 0.456 e. The lowest BCUT2D eigenvalue weighted by Gasteiger charge is -2.43. The highest BCUT2D eigenvalue weighted by molar-refractivity contribution is 7.33. The van der Waals surface area contributed by atoms with Gasteiger partial charge in [0.15, 0.2) is 0 Å². The maximum atomic E-state index is 6.69. The smallest absolute Gasteiger partial charge is 0.264 e. The summed E-state index contributed by atoms with van der Waals surface area (Å²) in [7, 11) is 0. The number of hydrogen-bond donors (Lipinski definition) is 0. The summed E-state index contributed by atoms with van der Waals surface area (Å²) < 4.78 is 14.6. The van der Waals surface area contributed by atoms with E-state index in [9.17, 15) is 0 Å². The number of furan rings is 1. The predicted molar refractivity (Wildman–Crippen MR) is 291 cm³/mol. The minimum absolute atomic E-state index is 0.0133. The van der Waals surface area contributed by atoms with Gasteiger partial charge in [-0.05, 0) is 117 Å². The zero-order chi connectivity index (χ0) is 45.7. The van der Waals surface area contributed by atoms with Gasteiger partial charge in [0.1, 0.15) is 11.2 Å². The molecular formula is C62H50BN3OS. The van der Waals surface area contributed by atoms with Crippen molar-refractivity contribution in [3.8, 4) is 11.4 Å². The van der Waals surface area contributed by atoms with Crippen molar-refractivity contribution in [1.82, 2.24) is 9.13 Å². The summed E-state index contributed by atoms with van der Waals surface area (Å²) in [5.41, 5.74) is 20.0. The average Bonchev–Trinajstić information content (AvgIpc) is 4.08. The lowest BCUT2D eigenvalue weighted by Crippen LogP contribution is -2.59. The normalized spacial score (nSPS) is 15.9. The molecule has 0 unspecified atom stereocenters. The minimum atomic E-state index is -0.0133. The summed E-state index contributed by atoms with van der Waals surface area (Å²) in [5, 5.41) is 8.68. The van der Waals surface area contributed by atoms with E-state index in [4.69, 9.17) is 4.42 Å². The van der Waals surface area contributed by atoms with Gasteiger partial charge in [-0.3, -0.25) is 0 Å². The molecule has 4 nitrogen and oxygen atoms in total. The summed E-state index contributed by atoms with van der Waals surface area (Å²) in [6, 6.07) is 58.0. The molecule has 0 saturated carbocycles. The Bertz CT molecular complexity index is 4170. The summed E-state index contributed by atoms with van der Waals surface area (Å²) in [6.07, 6.45) is 2.34. The lowest BCUT2D eigenvalue weighted by atomic mass is 9.36. The molecule has 4 aromatic heterocycles. The van der Waals surface area contributed by atoms with Gasteiger partial charge in [0.05, 0.1) is 27.9 Å². The molecule has 0 N–H and O–H groups in total. The van der Waals surface area contributed by atoms with Gasteiger partial charge in [-0.1, -0.05) is 133 Å². The number of para-hydroxylation sites is 4. The van der Waals surface area contributed by atoms with Crippen LogP contribution >= 0.6 is 11.3 Å². The number of nitrogens with zero attached hydrogens (tertiary/aromatic N) is 3. The molecule has 6 heteroatoms. The fraction of sp³-hybridized carbons (Fsp3) is 0.194. The second-order valence-electron chi connectivity index (χ2n) is 22.4. The van der Waals surface area contributed by atoms with Gasteiger partial charge in [0, 0.05) is 75.8 Å². The molecule has 0 spiro atoms. The van der Waals surface area contributed by atoms with E-state index < -0.39 is 0 Å². The predicted octanol–water partition coefficient (Wildman–Crippen LogP) is 15.3. The molecule has 0 radical (unpaired) electrons. The minimum Gasteiger partial charge on any atom is -0.456 e. The summed E-state index contributed by atoms with van der Waals surface area (Å²) in [6.45, 7) is 16.9. The van der Waals surface area contributed by atoms with Crippen molar-refractivity contribution >= 4 is 126 Å². The van der Waals surface area contributed by atoms with E-state index in [1.165, 1.54) is 115 Å². The van der Waals surface area contributed by atoms with Gasteiger partial charge < -0.3 is 18.5 Å². The van der Waals surface area contributed by atoms with Crippen LogP contribution < -0.4 is 20.6 Å². The van der Waals surface area contributed by atoms with Crippen LogP contribution in [0.15, 0.2) is 156 Å². The van der Waals surface area contributed by atoms with E-state index >= 15 is 0 Å². The molecule has 0 saturated heterocycles. The molecule has 1 aliphatic carbocycles. The van der Waals surface area contributed by atoms with Gasteiger partial charge in [-0.25, -0.2) is 0 Å².